The van der Waals surface area contributed by atoms with Gasteiger partial charge in [-0.1, -0.05) is 170 Å². The summed E-state index contributed by atoms with van der Waals surface area (Å²) in [5.74, 6) is 0. The van der Waals surface area contributed by atoms with Gasteiger partial charge < -0.3 is 4.42 Å². The number of furan rings is 1. The molecule has 1 heterocycles. The molecule has 10 aromatic carbocycles. The van der Waals surface area contributed by atoms with Gasteiger partial charge in [-0.3, -0.25) is 0 Å². The third-order valence-corrected chi connectivity index (χ3v) is 11.0. The van der Waals surface area contributed by atoms with Crippen molar-refractivity contribution in [1.82, 2.24) is 0 Å². The quantitative estimate of drug-likeness (QED) is 0.170. The van der Waals surface area contributed by atoms with E-state index in [0.717, 1.165) is 27.3 Å². The van der Waals surface area contributed by atoms with Crippen molar-refractivity contribution < 1.29 is 4.42 Å². The highest BCUT2D eigenvalue weighted by atomic mass is 16.3. The zero-order chi connectivity index (χ0) is 34.9. The first-order valence-electron chi connectivity index (χ1n) is 18.3. The highest BCUT2D eigenvalue weighted by Crippen LogP contribution is 2.46. The lowest BCUT2D eigenvalue weighted by Gasteiger charge is -2.18. The first-order chi connectivity index (χ1) is 26.3. The third-order valence-electron chi connectivity index (χ3n) is 11.0. The van der Waals surface area contributed by atoms with Crippen molar-refractivity contribution in [3.8, 4) is 44.5 Å². The molecular formula is C52H32O. The Balaban J connectivity index is 1.09. The van der Waals surface area contributed by atoms with E-state index in [0.29, 0.717) is 0 Å². The molecule has 246 valence electrons. The summed E-state index contributed by atoms with van der Waals surface area (Å²) in [4.78, 5) is 0. The van der Waals surface area contributed by atoms with E-state index in [2.05, 4.69) is 188 Å². The van der Waals surface area contributed by atoms with Crippen LogP contribution in [0.1, 0.15) is 0 Å². The minimum Gasteiger partial charge on any atom is -0.455 e. The molecule has 0 spiro atoms. The van der Waals surface area contributed by atoms with Crippen LogP contribution in [-0.2, 0) is 0 Å². The zero-order valence-corrected chi connectivity index (χ0v) is 28.9. The number of para-hydroxylation sites is 1. The molecule has 0 bridgehead atoms. The Labute approximate surface area is 307 Å². The number of fused-ring (bicyclic) bond motifs is 8. The number of rotatable bonds is 4. The van der Waals surface area contributed by atoms with Gasteiger partial charge in [-0.05, 0) is 106 Å². The molecule has 0 aliphatic heterocycles. The summed E-state index contributed by atoms with van der Waals surface area (Å²) in [5, 5.41) is 12.1. The molecule has 11 aromatic rings. The van der Waals surface area contributed by atoms with Gasteiger partial charge in [-0.15, -0.1) is 0 Å². The fourth-order valence-corrected chi connectivity index (χ4v) is 8.58. The Morgan fingerprint density at radius 2 is 0.792 bits per heavy atom. The lowest BCUT2D eigenvalue weighted by atomic mass is 9.85. The maximum Gasteiger partial charge on any atom is 0.143 e. The van der Waals surface area contributed by atoms with Crippen LogP contribution in [0, 0.1) is 0 Å². The summed E-state index contributed by atoms with van der Waals surface area (Å²) in [7, 11) is 0. The van der Waals surface area contributed by atoms with Gasteiger partial charge in [-0.25, -0.2) is 0 Å². The van der Waals surface area contributed by atoms with Gasteiger partial charge in [0.05, 0.1) is 0 Å². The fourth-order valence-electron chi connectivity index (χ4n) is 8.58. The molecule has 11 rings (SSSR count). The molecule has 0 saturated heterocycles. The molecule has 0 amide bonds. The Kier molecular flexibility index (Phi) is 6.62. The molecule has 0 unspecified atom stereocenters. The van der Waals surface area contributed by atoms with Crippen LogP contribution in [0.15, 0.2) is 199 Å². The summed E-state index contributed by atoms with van der Waals surface area (Å²) in [6.45, 7) is 0. The lowest BCUT2D eigenvalue weighted by Crippen LogP contribution is -1.91. The normalized spacial score (nSPS) is 11.8. The maximum atomic E-state index is 6.44. The van der Waals surface area contributed by atoms with Crippen LogP contribution in [0.4, 0.5) is 0 Å². The van der Waals surface area contributed by atoms with Crippen molar-refractivity contribution in [2.24, 2.45) is 0 Å². The topological polar surface area (TPSA) is 13.1 Å². The van der Waals surface area contributed by atoms with E-state index in [4.69, 9.17) is 4.42 Å². The van der Waals surface area contributed by atoms with Gasteiger partial charge in [0.15, 0.2) is 0 Å². The number of hydrogen-bond donors (Lipinski definition) is 0. The van der Waals surface area contributed by atoms with Gasteiger partial charge in [0.2, 0.25) is 0 Å². The van der Waals surface area contributed by atoms with E-state index in [-0.39, 0.29) is 0 Å². The van der Waals surface area contributed by atoms with E-state index in [9.17, 15) is 0 Å². The Hall–Kier alpha value is -6.96. The third kappa shape index (κ3) is 4.71. The molecule has 53 heavy (non-hydrogen) atoms. The standard InChI is InChI=1S/C52H32O/c1-2-13-36-30-37(29-26-33(36)12-1)34-24-27-35(28-25-34)50-42-18-4-6-20-44(42)51(45-21-7-5-19-43(45)50)39-15-11-14-38(31-39)47-32-48-41-17-9-10-23-49(41)53-52(48)46-22-8-3-16-40(46)47/h1-32H. The van der Waals surface area contributed by atoms with Crippen LogP contribution in [0.2, 0.25) is 0 Å². The van der Waals surface area contributed by atoms with Crippen molar-refractivity contribution in [3.63, 3.8) is 0 Å². The van der Waals surface area contributed by atoms with Gasteiger partial charge in [0.1, 0.15) is 11.2 Å². The molecular weight excluding hydrogens is 641 g/mol. The summed E-state index contributed by atoms with van der Waals surface area (Å²) >= 11 is 0. The van der Waals surface area contributed by atoms with Gasteiger partial charge in [0.25, 0.3) is 0 Å². The van der Waals surface area contributed by atoms with E-state index >= 15 is 0 Å². The second kappa shape index (κ2) is 11.8. The molecule has 1 heteroatoms. The number of hydrogen-bond acceptors (Lipinski definition) is 1. The van der Waals surface area contributed by atoms with Crippen molar-refractivity contribution >= 4 is 65.0 Å². The highest BCUT2D eigenvalue weighted by molar-refractivity contribution is 6.22. The Morgan fingerprint density at radius 1 is 0.264 bits per heavy atom. The minimum atomic E-state index is 0.917. The van der Waals surface area contributed by atoms with Crippen LogP contribution in [0.5, 0.6) is 0 Å². The molecule has 1 nitrogen and oxygen atoms in total. The monoisotopic (exact) mass is 672 g/mol. The average molecular weight is 673 g/mol. The van der Waals surface area contributed by atoms with Crippen LogP contribution >= 0.6 is 0 Å². The predicted octanol–water partition coefficient (Wildman–Crippen LogP) is 14.9. The second-order valence-corrected chi connectivity index (χ2v) is 14.0. The van der Waals surface area contributed by atoms with Gasteiger partial charge in [0, 0.05) is 16.2 Å². The SMILES string of the molecule is c1cc(-c2c3ccccc3c(-c3ccc(-c4ccc5ccccc5c4)cc3)c3ccccc23)cc(-c2cc3c4ccccc4oc3c3ccccc23)c1. The van der Waals surface area contributed by atoms with Crippen molar-refractivity contribution in [1.29, 1.82) is 0 Å². The molecule has 0 radical (unpaired) electrons. The van der Waals surface area contributed by atoms with Crippen molar-refractivity contribution in [3.05, 3.63) is 194 Å². The minimum absolute atomic E-state index is 0.917. The summed E-state index contributed by atoms with van der Waals surface area (Å²) in [6, 6.07) is 70.6. The molecule has 1 aromatic heterocycles. The first kappa shape index (κ1) is 29.7. The molecule has 0 saturated carbocycles. The summed E-state index contributed by atoms with van der Waals surface area (Å²) < 4.78 is 6.44. The Morgan fingerprint density at radius 3 is 1.51 bits per heavy atom. The highest BCUT2D eigenvalue weighted by Gasteiger charge is 2.19. The van der Waals surface area contributed by atoms with E-state index in [1.807, 2.05) is 6.07 Å². The van der Waals surface area contributed by atoms with E-state index in [1.54, 1.807) is 0 Å². The van der Waals surface area contributed by atoms with Crippen LogP contribution in [0.25, 0.3) is 110 Å². The van der Waals surface area contributed by atoms with E-state index < -0.39 is 0 Å². The molecule has 0 fully saturated rings. The largest absolute Gasteiger partial charge is 0.455 e. The molecule has 0 atom stereocenters. The first-order valence-corrected chi connectivity index (χ1v) is 18.3. The van der Waals surface area contributed by atoms with Crippen LogP contribution < -0.4 is 0 Å². The fraction of sp³-hybridized carbons (Fsp3) is 0. The maximum absolute atomic E-state index is 6.44. The van der Waals surface area contributed by atoms with E-state index in [1.165, 1.54) is 82.2 Å². The average Bonchev–Trinajstić information content (AvgIpc) is 3.61. The molecule has 0 aliphatic rings. The van der Waals surface area contributed by atoms with Crippen LogP contribution in [-0.4, -0.2) is 0 Å². The smallest absolute Gasteiger partial charge is 0.143 e. The Bertz CT molecular complexity index is 3160. The van der Waals surface area contributed by atoms with Gasteiger partial charge in [-0.2, -0.15) is 0 Å². The molecule has 0 aliphatic carbocycles. The molecule has 0 N–H and O–H groups in total. The predicted molar refractivity (Wildman–Crippen MR) is 225 cm³/mol. The zero-order valence-electron chi connectivity index (χ0n) is 28.9. The summed E-state index contributed by atoms with van der Waals surface area (Å²) in [6.07, 6.45) is 0. The number of benzene rings is 10. The second-order valence-electron chi connectivity index (χ2n) is 14.0. The lowest BCUT2D eigenvalue weighted by molar-refractivity contribution is 0.672. The van der Waals surface area contributed by atoms with Gasteiger partial charge >= 0.3 is 0 Å². The van der Waals surface area contributed by atoms with Crippen molar-refractivity contribution in [2.75, 3.05) is 0 Å². The van der Waals surface area contributed by atoms with Crippen LogP contribution in [0.3, 0.4) is 0 Å². The van der Waals surface area contributed by atoms with Crippen molar-refractivity contribution in [2.45, 2.75) is 0 Å². The summed E-state index contributed by atoms with van der Waals surface area (Å²) in [5.41, 5.74) is 11.6.